The standard InChI is InChI=1S/C24H23N7O3/c32-24-19-10-16(17-11-26-31(12-17)18-13-33-14-18)6-7-21(19)34-9-2-1-8-30-15-25-29-23(30)20-4-3-5-22(27-20)28-24/h3-7,10-12,15,18H,1-2,8-9,13-14H2,(H,27,28,32). The second kappa shape index (κ2) is 8.71. The van der Waals surface area contributed by atoms with Crippen LogP contribution in [0.3, 0.4) is 0 Å². The van der Waals surface area contributed by atoms with Crippen LogP contribution >= 0.6 is 0 Å². The average Bonchev–Trinajstić information content (AvgIpc) is 3.48. The Bertz CT molecular complexity index is 1340. The van der Waals surface area contributed by atoms with Crippen LogP contribution in [0.5, 0.6) is 5.75 Å². The SMILES string of the molecule is O=C1Nc2cccc(n2)-c2nncn2CCCCOc2ccc(-c3cnn(C4COC4)c3)cc21. The Labute approximate surface area is 195 Å². The first-order valence-electron chi connectivity index (χ1n) is 11.3. The van der Waals surface area contributed by atoms with Gasteiger partial charge in [0.1, 0.15) is 23.6 Å². The normalized spacial score (nSPS) is 16.4. The summed E-state index contributed by atoms with van der Waals surface area (Å²) in [6.45, 7) is 2.60. The molecule has 5 heterocycles. The molecule has 10 nitrogen and oxygen atoms in total. The molecule has 4 aromatic rings. The largest absolute Gasteiger partial charge is 0.493 e. The molecule has 1 saturated heterocycles. The highest BCUT2D eigenvalue weighted by molar-refractivity contribution is 6.06. The van der Waals surface area contributed by atoms with Gasteiger partial charge in [0.25, 0.3) is 5.91 Å². The number of ether oxygens (including phenoxy) is 2. The Balaban J connectivity index is 1.34. The smallest absolute Gasteiger partial charge is 0.260 e. The zero-order valence-electron chi connectivity index (χ0n) is 18.4. The lowest BCUT2D eigenvalue weighted by Gasteiger charge is -2.25. The van der Waals surface area contributed by atoms with Gasteiger partial charge in [-0.15, -0.1) is 10.2 Å². The summed E-state index contributed by atoms with van der Waals surface area (Å²) in [5, 5.41) is 15.6. The summed E-state index contributed by atoms with van der Waals surface area (Å²) >= 11 is 0. The molecular weight excluding hydrogens is 434 g/mol. The number of rotatable bonds is 2. The molecule has 0 atom stereocenters. The number of benzene rings is 1. The summed E-state index contributed by atoms with van der Waals surface area (Å²) in [5.74, 6) is 1.35. The fourth-order valence-corrected chi connectivity index (χ4v) is 4.07. The van der Waals surface area contributed by atoms with E-state index in [-0.39, 0.29) is 11.9 Å². The van der Waals surface area contributed by atoms with Crippen molar-refractivity contribution >= 4 is 11.7 Å². The van der Waals surface area contributed by atoms with Crippen LogP contribution < -0.4 is 10.1 Å². The summed E-state index contributed by atoms with van der Waals surface area (Å²) in [5.41, 5.74) is 2.93. The van der Waals surface area contributed by atoms with Gasteiger partial charge < -0.3 is 19.4 Å². The average molecular weight is 457 g/mol. The number of aromatic nitrogens is 6. The second-order valence-corrected chi connectivity index (χ2v) is 8.38. The minimum absolute atomic E-state index is 0.266. The van der Waals surface area contributed by atoms with E-state index in [1.165, 1.54) is 0 Å². The molecule has 2 aliphatic rings. The Morgan fingerprint density at radius 2 is 2.03 bits per heavy atom. The monoisotopic (exact) mass is 457 g/mol. The second-order valence-electron chi connectivity index (χ2n) is 8.38. The van der Waals surface area contributed by atoms with Crippen molar-refractivity contribution in [2.45, 2.75) is 25.4 Å². The fraction of sp³-hybridized carbons (Fsp3) is 0.292. The molecule has 3 aromatic heterocycles. The molecule has 2 aliphatic heterocycles. The number of hydrogen-bond acceptors (Lipinski definition) is 7. The van der Waals surface area contributed by atoms with Gasteiger partial charge in [-0.2, -0.15) is 5.10 Å². The van der Waals surface area contributed by atoms with Crippen molar-refractivity contribution in [2.24, 2.45) is 0 Å². The number of amides is 1. The van der Waals surface area contributed by atoms with Crippen molar-refractivity contribution < 1.29 is 14.3 Å². The maximum Gasteiger partial charge on any atom is 0.260 e. The van der Waals surface area contributed by atoms with Gasteiger partial charge in [-0.3, -0.25) is 9.48 Å². The maximum absolute atomic E-state index is 13.3. The lowest BCUT2D eigenvalue weighted by Crippen LogP contribution is -2.30. The van der Waals surface area contributed by atoms with Crippen molar-refractivity contribution in [1.29, 1.82) is 0 Å². The van der Waals surface area contributed by atoms with Crippen LogP contribution in [-0.2, 0) is 11.3 Å². The summed E-state index contributed by atoms with van der Waals surface area (Å²) in [4.78, 5) is 17.9. The molecule has 0 unspecified atom stereocenters. The molecule has 0 radical (unpaired) electrons. The number of nitrogens with one attached hydrogen (secondary N) is 1. The third-order valence-corrected chi connectivity index (χ3v) is 6.04. The van der Waals surface area contributed by atoms with E-state index in [1.54, 1.807) is 12.4 Å². The maximum atomic E-state index is 13.3. The molecule has 0 aliphatic carbocycles. The van der Waals surface area contributed by atoms with Crippen LogP contribution in [0.2, 0.25) is 0 Å². The lowest BCUT2D eigenvalue weighted by atomic mass is 10.0. The molecule has 6 rings (SSSR count). The Morgan fingerprint density at radius 3 is 2.91 bits per heavy atom. The molecule has 34 heavy (non-hydrogen) atoms. The van der Waals surface area contributed by atoms with Gasteiger partial charge >= 0.3 is 0 Å². The summed E-state index contributed by atoms with van der Waals surface area (Å²) in [6.07, 6.45) is 7.20. The van der Waals surface area contributed by atoms with E-state index in [1.807, 2.05) is 52.0 Å². The van der Waals surface area contributed by atoms with Crippen LogP contribution in [-0.4, -0.2) is 55.3 Å². The van der Waals surface area contributed by atoms with Crippen molar-refractivity contribution in [3.05, 3.63) is 60.7 Å². The number of carbonyl (C=O) groups excluding carboxylic acids is 1. The first-order chi connectivity index (χ1) is 16.7. The Kier molecular flexibility index (Phi) is 5.27. The lowest BCUT2D eigenvalue weighted by molar-refractivity contribution is -0.0286. The zero-order valence-corrected chi connectivity index (χ0v) is 18.4. The van der Waals surface area contributed by atoms with Crippen molar-refractivity contribution in [3.63, 3.8) is 0 Å². The van der Waals surface area contributed by atoms with Crippen LogP contribution in [0.15, 0.2) is 55.1 Å². The predicted octanol–water partition coefficient (Wildman–Crippen LogP) is 3.20. The van der Waals surface area contributed by atoms with E-state index in [9.17, 15) is 4.79 Å². The number of carbonyl (C=O) groups is 1. The third-order valence-electron chi connectivity index (χ3n) is 6.04. The van der Waals surface area contributed by atoms with Crippen molar-refractivity contribution in [1.82, 2.24) is 29.5 Å². The topological polar surface area (TPSA) is 109 Å². The van der Waals surface area contributed by atoms with Crippen LogP contribution in [0, 0.1) is 0 Å². The van der Waals surface area contributed by atoms with E-state index >= 15 is 0 Å². The minimum atomic E-state index is -0.292. The van der Waals surface area contributed by atoms with Crippen LogP contribution in [0.1, 0.15) is 29.2 Å². The molecular formula is C24H23N7O3. The molecule has 1 fully saturated rings. The highest BCUT2D eigenvalue weighted by atomic mass is 16.5. The molecule has 2 bridgehead atoms. The number of nitrogens with zero attached hydrogens (tertiary/aromatic N) is 6. The summed E-state index contributed by atoms with van der Waals surface area (Å²) < 4.78 is 15.2. The highest BCUT2D eigenvalue weighted by Gasteiger charge is 2.22. The zero-order chi connectivity index (χ0) is 22.9. The highest BCUT2D eigenvalue weighted by Crippen LogP contribution is 2.29. The molecule has 10 heteroatoms. The van der Waals surface area contributed by atoms with Gasteiger partial charge in [0.2, 0.25) is 0 Å². The molecule has 1 aromatic carbocycles. The number of anilines is 1. The van der Waals surface area contributed by atoms with Crippen molar-refractivity contribution in [3.8, 4) is 28.4 Å². The van der Waals surface area contributed by atoms with E-state index in [0.717, 1.165) is 30.5 Å². The number of pyridine rings is 1. The Morgan fingerprint density at radius 1 is 1.09 bits per heavy atom. The first kappa shape index (κ1) is 20.5. The van der Waals surface area contributed by atoms with Crippen molar-refractivity contribution in [2.75, 3.05) is 25.1 Å². The van der Waals surface area contributed by atoms with E-state index in [0.29, 0.717) is 48.5 Å². The number of fused-ring (bicyclic) bond motifs is 5. The van der Waals surface area contributed by atoms with Gasteiger partial charge in [-0.05, 0) is 42.7 Å². The first-order valence-corrected chi connectivity index (χ1v) is 11.3. The van der Waals surface area contributed by atoms with Crippen LogP contribution in [0.4, 0.5) is 5.82 Å². The van der Waals surface area contributed by atoms with E-state index < -0.39 is 0 Å². The van der Waals surface area contributed by atoms with Gasteiger partial charge in [0.05, 0.1) is 37.6 Å². The quantitative estimate of drug-likeness (QED) is 0.492. The van der Waals surface area contributed by atoms with E-state index in [4.69, 9.17) is 9.47 Å². The summed E-state index contributed by atoms with van der Waals surface area (Å²) in [6, 6.07) is 11.4. The third kappa shape index (κ3) is 3.92. The molecule has 172 valence electrons. The summed E-state index contributed by atoms with van der Waals surface area (Å²) in [7, 11) is 0. The Hall–Kier alpha value is -4.05. The number of aryl methyl sites for hydroxylation is 1. The molecule has 0 spiro atoms. The van der Waals surface area contributed by atoms with Gasteiger partial charge in [-0.1, -0.05) is 12.1 Å². The number of hydrogen-bond donors (Lipinski definition) is 1. The fourth-order valence-electron chi connectivity index (χ4n) is 4.07. The van der Waals surface area contributed by atoms with E-state index in [2.05, 4.69) is 25.6 Å². The molecule has 1 amide bonds. The van der Waals surface area contributed by atoms with Gasteiger partial charge in [0, 0.05) is 18.3 Å². The minimum Gasteiger partial charge on any atom is -0.493 e. The van der Waals surface area contributed by atoms with Crippen LogP contribution in [0.25, 0.3) is 22.6 Å². The predicted molar refractivity (Wildman–Crippen MR) is 123 cm³/mol. The molecule has 1 N–H and O–H groups in total. The van der Waals surface area contributed by atoms with Gasteiger partial charge in [0.15, 0.2) is 5.82 Å². The van der Waals surface area contributed by atoms with Gasteiger partial charge in [-0.25, -0.2) is 4.98 Å². The molecule has 0 saturated carbocycles.